The van der Waals surface area contributed by atoms with Crippen molar-refractivity contribution in [1.29, 1.82) is 0 Å². The first-order valence-corrected chi connectivity index (χ1v) is 30.7. The molecule has 3 aliphatic heterocycles. The summed E-state index contributed by atoms with van der Waals surface area (Å²) in [7, 11) is 4.42. The van der Waals surface area contributed by atoms with E-state index in [1.807, 2.05) is 45.9 Å². The van der Waals surface area contributed by atoms with Crippen molar-refractivity contribution >= 4 is 102 Å². The number of alkyl halides is 2. The van der Waals surface area contributed by atoms with E-state index in [1.54, 1.807) is 45.2 Å². The van der Waals surface area contributed by atoms with Crippen LogP contribution in [0.25, 0.3) is 0 Å². The van der Waals surface area contributed by atoms with E-state index in [9.17, 15) is 43.5 Å². The molecule has 458 valence electrons. The molecule has 9 atom stereocenters. The zero-order chi connectivity index (χ0) is 61.3. The Balaban J connectivity index is 1.32. The second kappa shape index (κ2) is 31.7. The van der Waals surface area contributed by atoms with Gasteiger partial charge in [-0.15, -0.1) is 0 Å². The van der Waals surface area contributed by atoms with Gasteiger partial charge in [0.05, 0.1) is 61.0 Å². The molecule has 5 rings (SSSR count). The fourth-order valence-electron chi connectivity index (χ4n) is 10.6. The molecule has 23 heteroatoms. The third kappa shape index (κ3) is 19.3. The molecule has 20 nitrogen and oxygen atoms in total. The molecular weight excluding hydrogens is 1230 g/mol. The highest BCUT2D eigenvalue weighted by molar-refractivity contribution is 9.09. The fraction of sp³-hybridized carbons (Fsp3) is 0.600. The van der Waals surface area contributed by atoms with Gasteiger partial charge < -0.3 is 54.8 Å². The summed E-state index contributed by atoms with van der Waals surface area (Å²) in [5.74, 6) is -4.01. The number of nitrogens with two attached hydrogens (primary N) is 1. The van der Waals surface area contributed by atoms with Gasteiger partial charge >= 0.3 is 24.1 Å². The Morgan fingerprint density at radius 2 is 1.73 bits per heavy atom. The minimum Gasteiger partial charge on any atom is -0.495 e. The fourth-order valence-corrected chi connectivity index (χ4v) is 12.4. The lowest BCUT2D eigenvalue weighted by Gasteiger charge is -2.41. The molecule has 3 aliphatic rings. The van der Waals surface area contributed by atoms with Crippen LogP contribution in [0.2, 0.25) is 5.02 Å². The second-order valence-electron chi connectivity index (χ2n) is 22.5. The molecule has 4 bridgehead atoms. The number of rotatable bonds is 25. The number of urea groups is 1. The van der Waals surface area contributed by atoms with Gasteiger partial charge in [0, 0.05) is 68.9 Å². The molecule has 2 aromatic rings. The Kier molecular flexibility index (Phi) is 26.1. The number of nitrogens with zero attached hydrogens (tertiary/aromatic N) is 1. The highest BCUT2D eigenvalue weighted by Gasteiger charge is 2.64. The molecule has 2 fully saturated rings. The standard InChI is InChI=1S/C60H82Br2ClN5O15/c1-34(2)42(28-41(69)16-11-10-12-22-80-56(74)40(32-61)33-62)55(73)66-43(17-14-21-65-57(64)75)46(70)26-38-19-20-44(47(27-38)78-8)67-58(76)82-50-29-51(71)68(7)45-25-39(24-36(4)53(45)63)23-35(3)15-13-18-49(79-9)60(77)30-48(81-52(72)31-60)37(5)54-59(50,6)83-54/h13,15,18-20,24-25,27,34,37,40,42-43,48-50,54,77H,10-12,14,16-17,21-23,26,28-33H2,1-9H3,(H,66,73)(H,67,76)(H3,64,65,75)/b18-13+,35-15+/t37-,42+,43+,48+,49-,50+,54+,59+,60-/m1/s1. The predicted octanol–water partition coefficient (Wildman–Crippen LogP) is 8.72. The summed E-state index contributed by atoms with van der Waals surface area (Å²) in [6, 6.07) is 6.68. The summed E-state index contributed by atoms with van der Waals surface area (Å²) < 4.78 is 35.1. The molecule has 0 unspecified atom stereocenters. The number of allylic oxidation sites excluding steroid dienone is 3. The van der Waals surface area contributed by atoms with Crippen LogP contribution < -0.4 is 31.3 Å². The van der Waals surface area contributed by atoms with Crippen molar-refractivity contribution in [2.45, 2.75) is 160 Å². The maximum atomic E-state index is 14.4. The lowest BCUT2D eigenvalue weighted by atomic mass is 9.78. The highest BCUT2D eigenvalue weighted by atomic mass is 79.9. The third-order valence-electron chi connectivity index (χ3n) is 15.6. The maximum absolute atomic E-state index is 14.4. The van der Waals surface area contributed by atoms with Crippen LogP contribution in [0, 0.1) is 30.6 Å². The number of aliphatic hydroxyl groups is 1. The Morgan fingerprint density at radius 3 is 2.40 bits per heavy atom. The van der Waals surface area contributed by atoms with E-state index in [1.165, 1.54) is 25.2 Å². The normalized spacial score (nSPS) is 24.5. The van der Waals surface area contributed by atoms with E-state index < -0.39 is 83.4 Å². The number of unbranched alkanes of at least 4 members (excludes halogenated alkanes) is 2. The van der Waals surface area contributed by atoms with Crippen LogP contribution >= 0.6 is 43.5 Å². The zero-order valence-electron chi connectivity index (χ0n) is 48.9. The molecule has 0 spiro atoms. The van der Waals surface area contributed by atoms with E-state index in [4.69, 9.17) is 45.8 Å². The molecule has 2 aromatic carbocycles. The molecule has 83 heavy (non-hydrogen) atoms. The number of carbonyl (C=O) groups excluding carboxylic acids is 8. The number of hydrogen-bond acceptors (Lipinski definition) is 15. The van der Waals surface area contributed by atoms with Gasteiger partial charge in [-0.2, -0.15) is 0 Å². The van der Waals surface area contributed by atoms with Crippen LogP contribution in [0.1, 0.15) is 116 Å². The minimum atomic E-state index is -1.63. The number of halogens is 3. The average Bonchev–Trinajstić information content (AvgIpc) is 3.53. The van der Waals surface area contributed by atoms with Crippen molar-refractivity contribution in [2.75, 3.05) is 55.3 Å². The third-order valence-corrected chi connectivity index (χ3v) is 17.7. The molecular formula is C60H82Br2ClN5O15. The first-order valence-electron chi connectivity index (χ1n) is 28.1. The Labute approximate surface area is 508 Å². The van der Waals surface area contributed by atoms with Crippen LogP contribution in [0.15, 0.2) is 54.1 Å². The van der Waals surface area contributed by atoms with Crippen LogP contribution in [-0.4, -0.2) is 139 Å². The molecule has 0 saturated carbocycles. The lowest BCUT2D eigenvalue weighted by Crippen LogP contribution is -2.53. The van der Waals surface area contributed by atoms with Crippen LogP contribution in [0.4, 0.5) is 21.0 Å². The Morgan fingerprint density at radius 1 is 1.01 bits per heavy atom. The summed E-state index contributed by atoms with van der Waals surface area (Å²) in [5, 5.41) is 21.4. The number of aryl methyl sites for hydroxylation is 1. The van der Waals surface area contributed by atoms with Gasteiger partial charge in [-0.25, -0.2) is 9.59 Å². The van der Waals surface area contributed by atoms with Crippen molar-refractivity contribution < 1.29 is 71.9 Å². The van der Waals surface area contributed by atoms with E-state index in [0.717, 1.165) is 16.7 Å². The molecule has 6 N–H and O–H groups in total. The number of ether oxygens (including phenoxy) is 6. The Bertz CT molecular complexity index is 2720. The number of benzene rings is 2. The number of amides is 5. The van der Waals surface area contributed by atoms with Gasteiger partial charge in [0.25, 0.3) is 0 Å². The molecule has 0 radical (unpaired) electrons. The number of Topliss-reactive ketones (excluding diaryl/α,β-unsaturated/α-hetero) is 2. The smallest absolute Gasteiger partial charge is 0.412 e. The zero-order valence-corrected chi connectivity index (χ0v) is 52.9. The minimum absolute atomic E-state index is 0.00651. The monoisotopic (exact) mass is 1310 g/mol. The second-order valence-corrected chi connectivity index (χ2v) is 24.2. The first kappa shape index (κ1) is 68.4. The van der Waals surface area contributed by atoms with Crippen molar-refractivity contribution in [3.63, 3.8) is 0 Å². The predicted molar refractivity (Wildman–Crippen MR) is 321 cm³/mol. The number of methoxy groups -OCH3 is 2. The summed E-state index contributed by atoms with van der Waals surface area (Å²) in [6.07, 6.45) is 2.78. The van der Waals surface area contributed by atoms with Gasteiger partial charge in [0.15, 0.2) is 5.78 Å². The van der Waals surface area contributed by atoms with Crippen LogP contribution in [-0.2, 0) is 65.3 Å². The number of anilines is 2. The SMILES string of the molecule is COc1cc(CC(=O)[C@H](CCCNC(N)=O)NC(=O)[C@@H](CC(=O)CCCCCOC(=O)C(CBr)CBr)C(C)C)ccc1NC(=O)O[C@H]1CC(=O)N(C)c2cc(cc(C)c2Cl)C/C(C)=C/C=C/[C@@H](OC)[C@]2(O)CC(=O)O[C@@H](C2)[C@@H](C)[C@@H]2O[C@@]12C. The van der Waals surface area contributed by atoms with Crippen molar-refractivity contribution in [1.82, 2.24) is 10.6 Å². The van der Waals surface area contributed by atoms with E-state index >= 15 is 0 Å². The van der Waals surface area contributed by atoms with Crippen molar-refractivity contribution in [2.24, 2.45) is 29.4 Å². The first-order chi connectivity index (χ1) is 39.3. The largest absolute Gasteiger partial charge is 0.495 e. The summed E-state index contributed by atoms with van der Waals surface area (Å²) in [5.41, 5.74) is 5.98. The van der Waals surface area contributed by atoms with Gasteiger partial charge in [-0.3, -0.25) is 34.1 Å². The summed E-state index contributed by atoms with van der Waals surface area (Å²) in [6.45, 7) is 11.3. The van der Waals surface area contributed by atoms with Crippen LogP contribution in [0.5, 0.6) is 5.75 Å². The van der Waals surface area contributed by atoms with E-state index in [-0.39, 0.29) is 105 Å². The van der Waals surface area contributed by atoms with Gasteiger partial charge in [-0.1, -0.05) is 100 Å². The van der Waals surface area contributed by atoms with Crippen LogP contribution in [0.3, 0.4) is 0 Å². The number of hydrogen-bond donors (Lipinski definition) is 5. The average molecular weight is 1310 g/mol. The number of primary amides is 1. The molecule has 3 heterocycles. The van der Waals surface area contributed by atoms with E-state index in [0.29, 0.717) is 52.6 Å². The van der Waals surface area contributed by atoms with Gasteiger partial charge in [-0.05, 0) is 100 Å². The number of nitrogens with one attached hydrogen (secondary N) is 3. The van der Waals surface area contributed by atoms with Gasteiger partial charge in [0.1, 0.15) is 41.0 Å². The number of carbonyl (C=O) groups is 8. The highest BCUT2D eigenvalue weighted by Crippen LogP contribution is 2.50. The number of ketones is 2. The van der Waals surface area contributed by atoms with Gasteiger partial charge in [0.2, 0.25) is 11.8 Å². The molecule has 5 amide bonds. The topological polar surface area (TPSA) is 281 Å². The number of epoxide rings is 1. The number of esters is 2. The Hall–Kier alpha value is -5.39. The number of fused-ring (bicyclic) bond motifs is 5. The summed E-state index contributed by atoms with van der Waals surface area (Å²) >= 11 is 13.5. The van der Waals surface area contributed by atoms with E-state index in [2.05, 4.69) is 47.8 Å². The summed E-state index contributed by atoms with van der Waals surface area (Å²) in [4.78, 5) is 108. The maximum Gasteiger partial charge on any atom is 0.412 e. The molecule has 0 aliphatic carbocycles. The van der Waals surface area contributed by atoms with Crippen molar-refractivity contribution in [3.05, 3.63) is 75.8 Å². The quantitative estimate of drug-likeness (QED) is 0.0204. The van der Waals surface area contributed by atoms with Crippen molar-refractivity contribution in [3.8, 4) is 5.75 Å². The lowest BCUT2D eigenvalue weighted by molar-refractivity contribution is -0.187. The molecule has 0 aromatic heterocycles. The molecule has 2 saturated heterocycles.